The summed E-state index contributed by atoms with van der Waals surface area (Å²) in [7, 11) is 0. The number of carbonyl (C=O) groups excluding carboxylic acids is 3. The number of nitrogens with two attached hydrogens (primary N) is 1. The van der Waals surface area contributed by atoms with Crippen molar-refractivity contribution in [2.45, 2.75) is 56.8 Å². The van der Waals surface area contributed by atoms with Crippen molar-refractivity contribution in [3.63, 3.8) is 0 Å². The number of oxime groups is 1. The third kappa shape index (κ3) is 16.9. The third-order valence-corrected chi connectivity index (χ3v) is 12.0. The van der Waals surface area contributed by atoms with E-state index in [1.54, 1.807) is 13.8 Å². The van der Waals surface area contributed by atoms with Gasteiger partial charge in [0, 0.05) is 25.0 Å². The molecule has 0 radical (unpaired) electrons. The molecule has 0 atom stereocenters. The minimum atomic E-state index is -4.83. The number of aromatic carboxylic acids is 3. The van der Waals surface area contributed by atoms with E-state index in [-0.39, 0.29) is 74.0 Å². The van der Waals surface area contributed by atoms with Gasteiger partial charge in [0.15, 0.2) is 5.84 Å². The number of nitrogens with zero attached hydrogens (tertiary/aromatic N) is 8. The largest absolute Gasteiger partial charge is 0.478 e. The number of benzene rings is 5. The van der Waals surface area contributed by atoms with Crippen LogP contribution in [0.3, 0.4) is 0 Å². The summed E-state index contributed by atoms with van der Waals surface area (Å²) in [6.07, 6.45) is -1.63. The zero-order chi connectivity index (χ0) is 64.1. The van der Waals surface area contributed by atoms with Gasteiger partial charge < -0.3 is 60.4 Å². The van der Waals surface area contributed by atoms with Gasteiger partial charge >= 0.3 is 30.0 Å². The summed E-state index contributed by atoms with van der Waals surface area (Å²) >= 11 is 0. The molecule has 0 saturated heterocycles. The molecule has 2 aliphatic rings. The Kier molecular flexibility index (Phi) is 20.4. The van der Waals surface area contributed by atoms with Crippen molar-refractivity contribution in [3.05, 3.63) is 183 Å². The molecule has 2 fully saturated rings. The van der Waals surface area contributed by atoms with Crippen LogP contribution in [0.5, 0.6) is 0 Å². The fraction of sp³-hybridized carbons (Fsp3) is 0.185. The van der Waals surface area contributed by atoms with E-state index in [2.05, 4.69) is 55.6 Å². The summed E-state index contributed by atoms with van der Waals surface area (Å²) in [4.78, 5) is 79.9. The molecule has 2 saturated carbocycles. The highest BCUT2D eigenvalue weighted by Crippen LogP contribution is 2.36. The summed E-state index contributed by atoms with van der Waals surface area (Å²) in [5.41, 5.74) is 2.97. The molecule has 33 heteroatoms. The highest BCUT2D eigenvalue weighted by Gasteiger charge is 2.45. The maximum Gasteiger partial charge on any atom is 0.471 e. The second-order valence-electron chi connectivity index (χ2n) is 18.3. The minimum absolute atomic E-state index is 0.0319. The molecule has 25 nitrogen and oxygen atoms in total. The van der Waals surface area contributed by atoms with Gasteiger partial charge in [-0.25, -0.2) is 41.2 Å². The maximum absolute atomic E-state index is 14.1. The molecule has 10 rings (SSSR count). The van der Waals surface area contributed by atoms with Gasteiger partial charge in [0.1, 0.15) is 35.4 Å². The smallest absolute Gasteiger partial charge is 0.471 e. The fourth-order valence-corrected chi connectivity index (χ4v) is 6.90. The number of carboxylic acid groups (broad SMARTS) is 3. The first kappa shape index (κ1) is 64.9. The predicted molar refractivity (Wildman–Crippen MR) is 278 cm³/mol. The number of rotatable bonds is 13. The second kappa shape index (κ2) is 27.4. The molecule has 2 aliphatic carbocycles. The molecular formula is C54H41F8N11O14. The van der Waals surface area contributed by atoms with E-state index in [1.165, 1.54) is 42.5 Å². The number of aryl methyl sites for hydroxylation is 2. The van der Waals surface area contributed by atoms with E-state index in [0.717, 1.165) is 54.8 Å². The fourth-order valence-electron chi connectivity index (χ4n) is 6.90. The molecule has 0 aliphatic heterocycles. The van der Waals surface area contributed by atoms with Crippen molar-refractivity contribution < 1.29 is 103 Å². The average molecular weight is 1220 g/mol. The third-order valence-electron chi connectivity index (χ3n) is 12.0. The standard InChI is InChI=1S/C14H11F4N3O3.C14H12FN3O3.C10H7FN2O3.C8H7FN2O3.C8H4FNO2/c15-9-5-7(11(23)20-13(6-22)3-4-13)1-2-8(9)10-19-12(24-21-10)14(16,17)18;1-8-16-12(18-21-8)10-3-2-9(6-11(10)15)13(20)17-14(7-19)4-5-14;1-5-12-9(13-16-5)7-3-2-6(10(14)15)4-8(7)11;9-6-3-4(8(12)13)1-2-5(6)7(10)11-14;1-10-7-3-2-5(8(11)12)4-6(7)9/h1-2,5,22H,3-4,6H2,(H,20,23);2-3,6-7H,4-5H2,1H3,(H,17,20);2-4H,1H3,(H,14,15);1-3,14H,(H2,10,11)(H,12,13);2-4H,(H,11,12). The molecule has 87 heavy (non-hydrogen) atoms. The van der Waals surface area contributed by atoms with Crippen LogP contribution in [-0.4, -0.2) is 116 Å². The number of carboxylic acids is 3. The highest BCUT2D eigenvalue weighted by molar-refractivity contribution is 5.99. The van der Waals surface area contributed by atoms with Gasteiger partial charge in [-0.3, -0.25) is 9.59 Å². The van der Waals surface area contributed by atoms with Crippen LogP contribution in [0.4, 0.5) is 40.8 Å². The molecule has 9 N–H and O–H groups in total. The van der Waals surface area contributed by atoms with Crippen LogP contribution in [0.15, 0.2) is 110 Å². The Morgan fingerprint density at radius 2 is 1.02 bits per heavy atom. The number of nitrogens with one attached hydrogen (secondary N) is 2. The average Bonchev–Trinajstić information content (AvgIpc) is 3.96. The minimum Gasteiger partial charge on any atom is -0.478 e. The first-order valence-electron chi connectivity index (χ1n) is 24.3. The Labute approximate surface area is 481 Å². The zero-order valence-electron chi connectivity index (χ0n) is 44.4. The molecule has 0 unspecified atom stereocenters. The Bertz CT molecular complexity index is 3990. The number of aliphatic hydroxyl groups is 1. The van der Waals surface area contributed by atoms with Crippen LogP contribution < -0.4 is 16.4 Å². The number of hydrogen-bond acceptors (Lipinski definition) is 18. The lowest BCUT2D eigenvalue weighted by Crippen LogP contribution is -2.39. The normalized spacial score (nSPS) is 13.1. The van der Waals surface area contributed by atoms with Crippen LogP contribution in [0, 0.1) is 49.5 Å². The van der Waals surface area contributed by atoms with Gasteiger partial charge in [0.05, 0.1) is 63.2 Å². The van der Waals surface area contributed by atoms with Crippen molar-refractivity contribution in [1.29, 1.82) is 0 Å². The van der Waals surface area contributed by atoms with Crippen molar-refractivity contribution in [1.82, 2.24) is 41.1 Å². The van der Waals surface area contributed by atoms with Crippen LogP contribution in [0.1, 0.15) is 101 Å². The number of amides is 2. The number of halogens is 8. The van der Waals surface area contributed by atoms with Gasteiger partial charge in [-0.05, 0) is 105 Å². The van der Waals surface area contributed by atoms with Crippen molar-refractivity contribution >= 4 is 47.5 Å². The molecule has 5 aromatic carbocycles. The number of hydrogen-bond donors (Lipinski definition) is 8. The quantitative estimate of drug-likeness (QED) is 0.0102. The number of aromatic nitrogens is 6. The number of carbonyl (C=O) groups is 6. The van der Waals surface area contributed by atoms with E-state index < -0.39 is 93.6 Å². The Balaban J connectivity index is 0.000000178. The van der Waals surface area contributed by atoms with E-state index in [1.807, 2.05) is 0 Å². The van der Waals surface area contributed by atoms with E-state index in [9.17, 15) is 63.9 Å². The number of aliphatic hydroxyl groups excluding tert-OH is 1. The monoisotopic (exact) mass is 1220 g/mol. The number of aldehydes is 1. The van der Waals surface area contributed by atoms with E-state index in [0.29, 0.717) is 37.5 Å². The molecule has 3 aromatic heterocycles. The van der Waals surface area contributed by atoms with Gasteiger partial charge in [0.25, 0.3) is 11.8 Å². The molecule has 8 aromatic rings. The van der Waals surface area contributed by atoms with Gasteiger partial charge in [-0.2, -0.15) is 28.1 Å². The summed E-state index contributed by atoms with van der Waals surface area (Å²) < 4.78 is 118. The lowest BCUT2D eigenvalue weighted by molar-refractivity contribution is -0.159. The molecule has 3 heterocycles. The maximum atomic E-state index is 14.1. The van der Waals surface area contributed by atoms with Gasteiger partial charge in [-0.15, -0.1) is 0 Å². The van der Waals surface area contributed by atoms with E-state index >= 15 is 0 Å². The molecular weight excluding hydrogens is 1180 g/mol. The second-order valence-corrected chi connectivity index (χ2v) is 18.3. The van der Waals surface area contributed by atoms with Crippen LogP contribution in [-0.2, 0) is 11.0 Å². The SMILES string of the molecule is Cc1nc(-c2ccc(C(=O)NC3(C=O)CC3)cc2F)no1.Cc1nc(-c2ccc(C(=O)O)cc2F)no1.N/C(=N\O)c1ccc(C(=O)O)cc1F.O=C(NC1(CO)CC1)c1ccc(-c2noc(C(F)(F)F)n2)c(F)c1.[C-]#[N+]c1ccc(C(=O)O)cc1F. The summed E-state index contributed by atoms with van der Waals surface area (Å²) in [6, 6.07) is 16.9. The van der Waals surface area contributed by atoms with E-state index in [4.69, 9.17) is 47.0 Å². The van der Waals surface area contributed by atoms with Crippen LogP contribution >= 0.6 is 0 Å². The molecule has 452 valence electrons. The summed E-state index contributed by atoms with van der Waals surface area (Å²) in [5.74, 6) is -10.3. The summed E-state index contributed by atoms with van der Waals surface area (Å²) in [6.45, 7) is 9.47. The Morgan fingerprint density at radius 1 is 0.621 bits per heavy atom. The Morgan fingerprint density at radius 3 is 1.37 bits per heavy atom. The van der Waals surface area contributed by atoms with Crippen LogP contribution in [0.2, 0.25) is 0 Å². The molecule has 2 amide bonds. The van der Waals surface area contributed by atoms with Crippen molar-refractivity contribution in [2.75, 3.05) is 6.61 Å². The first-order chi connectivity index (χ1) is 41.0. The Hall–Kier alpha value is -11.3. The first-order valence-corrected chi connectivity index (χ1v) is 24.3. The predicted octanol–water partition coefficient (Wildman–Crippen LogP) is 8.37. The topological polar surface area (TPSA) is 387 Å². The zero-order valence-corrected chi connectivity index (χ0v) is 44.4. The molecule has 0 bridgehead atoms. The highest BCUT2D eigenvalue weighted by atomic mass is 19.4. The molecule has 0 spiro atoms. The lowest BCUT2D eigenvalue weighted by atomic mass is 10.1. The number of amidine groups is 1. The van der Waals surface area contributed by atoms with Crippen LogP contribution in [0.25, 0.3) is 39.0 Å². The van der Waals surface area contributed by atoms with Crippen molar-refractivity contribution in [3.8, 4) is 34.2 Å². The van der Waals surface area contributed by atoms with Gasteiger partial charge in [-0.1, -0.05) is 32.8 Å². The summed E-state index contributed by atoms with van der Waals surface area (Å²) in [5, 5.41) is 61.1. The number of alkyl halides is 3. The van der Waals surface area contributed by atoms with Gasteiger partial charge in [0.2, 0.25) is 34.9 Å². The lowest BCUT2D eigenvalue weighted by Gasteiger charge is -2.14. The van der Waals surface area contributed by atoms with Crippen molar-refractivity contribution in [2.24, 2.45) is 10.9 Å².